The number of halogens is 2. The first-order chi connectivity index (χ1) is 17.2. The molecule has 1 N–H and O–H groups in total. The lowest BCUT2D eigenvalue weighted by Crippen LogP contribution is -2.37. The first kappa shape index (κ1) is 24.7. The third-order valence-electron chi connectivity index (χ3n) is 8.06. The predicted octanol–water partition coefficient (Wildman–Crippen LogP) is 6.37. The Labute approximate surface area is 211 Å². The van der Waals surface area contributed by atoms with E-state index in [-0.39, 0.29) is 11.6 Å². The predicted molar refractivity (Wildman–Crippen MR) is 137 cm³/mol. The van der Waals surface area contributed by atoms with E-state index < -0.39 is 6.43 Å². The number of aryl methyl sites for hydroxylation is 1. The van der Waals surface area contributed by atoms with E-state index in [1.807, 2.05) is 32.0 Å². The summed E-state index contributed by atoms with van der Waals surface area (Å²) in [7, 11) is 3.83. The van der Waals surface area contributed by atoms with Crippen LogP contribution in [0, 0.1) is 13.8 Å². The summed E-state index contributed by atoms with van der Waals surface area (Å²) < 4.78 is 38.9. The normalized spacial score (nSPS) is 19.7. The van der Waals surface area contributed by atoms with Crippen molar-refractivity contribution >= 4 is 16.7 Å². The Morgan fingerprint density at radius 2 is 1.86 bits per heavy atom. The standard InChI is InChI=1S/C28H34F2N4O2/c1-16-20(7-6-8-21(16)26(29)30)17(2)31-27-22-13-25(24(35-5)14-23(22)32-18(3)33-27)36-15-19-9-10-28(11-12-28)34(19)4/h6-8,13-14,17,19,26H,9-12,15H2,1-5H3,(H,31,32,33)/t17-,19+/m1/s1. The number of hydrogen-bond donors (Lipinski definition) is 1. The molecule has 2 fully saturated rings. The monoisotopic (exact) mass is 496 g/mol. The van der Waals surface area contributed by atoms with Gasteiger partial charge in [-0.05, 0) is 70.7 Å². The summed E-state index contributed by atoms with van der Waals surface area (Å²) in [5, 5.41) is 4.23. The van der Waals surface area contributed by atoms with Gasteiger partial charge in [-0.15, -0.1) is 0 Å². The first-order valence-electron chi connectivity index (χ1n) is 12.6. The molecule has 2 atom stereocenters. The zero-order valence-electron chi connectivity index (χ0n) is 21.6. The molecule has 5 rings (SSSR count). The van der Waals surface area contributed by atoms with Gasteiger partial charge in [0.1, 0.15) is 18.2 Å². The number of likely N-dealkylation sites (tertiary alicyclic amines) is 1. The lowest BCUT2D eigenvalue weighted by Gasteiger charge is -2.26. The van der Waals surface area contributed by atoms with Crippen LogP contribution in [-0.4, -0.2) is 47.2 Å². The number of nitrogens with one attached hydrogen (secondary N) is 1. The van der Waals surface area contributed by atoms with Crippen molar-refractivity contribution in [2.75, 3.05) is 26.1 Å². The number of likely N-dealkylation sites (N-methyl/N-ethyl adjacent to an activating group) is 1. The number of nitrogens with zero attached hydrogens (tertiary/aromatic N) is 3. The van der Waals surface area contributed by atoms with Crippen molar-refractivity contribution in [1.82, 2.24) is 14.9 Å². The van der Waals surface area contributed by atoms with Crippen LogP contribution in [0.3, 0.4) is 0 Å². The molecule has 1 aliphatic carbocycles. The van der Waals surface area contributed by atoms with Crippen molar-refractivity contribution in [3.05, 3.63) is 52.8 Å². The van der Waals surface area contributed by atoms with E-state index in [1.165, 1.54) is 25.3 Å². The summed E-state index contributed by atoms with van der Waals surface area (Å²) >= 11 is 0. The van der Waals surface area contributed by atoms with Crippen LogP contribution in [0.5, 0.6) is 11.5 Å². The summed E-state index contributed by atoms with van der Waals surface area (Å²) in [5.41, 5.74) is 2.58. The van der Waals surface area contributed by atoms with Crippen molar-refractivity contribution in [3.8, 4) is 11.5 Å². The van der Waals surface area contributed by atoms with Crippen LogP contribution in [0.4, 0.5) is 14.6 Å². The number of aromatic nitrogens is 2. The quantitative estimate of drug-likeness (QED) is 0.391. The third kappa shape index (κ3) is 4.47. The van der Waals surface area contributed by atoms with Gasteiger partial charge in [0.15, 0.2) is 11.5 Å². The molecule has 192 valence electrons. The lowest BCUT2D eigenvalue weighted by atomic mass is 9.97. The van der Waals surface area contributed by atoms with E-state index >= 15 is 0 Å². The van der Waals surface area contributed by atoms with Crippen LogP contribution in [0.15, 0.2) is 30.3 Å². The summed E-state index contributed by atoms with van der Waals surface area (Å²) in [5.74, 6) is 2.51. The number of hydrogen-bond acceptors (Lipinski definition) is 6. The van der Waals surface area contributed by atoms with Crippen molar-refractivity contribution in [2.45, 2.75) is 70.5 Å². The maximum absolute atomic E-state index is 13.5. The van der Waals surface area contributed by atoms with Crippen LogP contribution in [0.1, 0.15) is 67.6 Å². The summed E-state index contributed by atoms with van der Waals surface area (Å²) in [6, 6.07) is 8.96. The number of benzene rings is 2. The fourth-order valence-electron chi connectivity index (χ4n) is 5.62. The minimum absolute atomic E-state index is 0.0511. The zero-order chi connectivity index (χ0) is 25.6. The lowest BCUT2D eigenvalue weighted by molar-refractivity contribution is 0.150. The molecule has 2 aliphatic rings. The topological polar surface area (TPSA) is 59.5 Å². The average Bonchev–Trinajstić information content (AvgIpc) is 3.57. The molecule has 1 saturated heterocycles. The second-order valence-corrected chi connectivity index (χ2v) is 10.2. The van der Waals surface area contributed by atoms with Gasteiger partial charge < -0.3 is 14.8 Å². The Morgan fingerprint density at radius 1 is 1.11 bits per heavy atom. The molecule has 0 bridgehead atoms. The van der Waals surface area contributed by atoms with Gasteiger partial charge in [-0.25, -0.2) is 18.7 Å². The summed E-state index contributed by atoms with van der Waals surface area (Å²) in [4.78, 5) is 11.7. The molecule has 1 aliphatic heterocycles. The molecule has 6 nitrogen and oxygen atoms in total. The maximum atomic E-state index is 13.5. The number of rotatable bonds is 8. The highest BCUT2D eigenvalue weighted by molar-refractivity contribution is 5.92. The number of ether oxygens (including phenoxy) is 2. The number of anilines is 1. The van der Waals surface area contributed by atoms with Crippen LogP contribution in [0.2, 0.25) is 0 Å². The molecule has 1 spiro atoms. The van der Waals surface area contributed by atoms with Crippen LogP contribution < -0.4 is 14.8 Å². The molecular weight excluding hydrogens is 462 g/mol. The Hall–Kier alpha value is -3.00. The second kappa shape index (κ2) is 9.47. The minimum atomic E-state index is -2.51. The van der Waals surface area contributed by atoms with E-state index in [2.05, 4.69) is 27.2 Å². The largest absolute Gasteiger partial charge is 0.493 e. The summed E-state index contributed by atoms with van der Waals surface area (Å²) in [6.45, 7) is 6.11. The number of fused-ring (bicyclic) bond motifs is 1. The smallest absolute Gasteiger partial charge is 0.264 e. The number of methoxy groups -OCH3 is 1. The highest BCUT2D eigenvalue weighted by Gasteiger charge is 2.52. The molecular formula is C28H34F2N4O2. The molecule has 3 aromatic rings. The van der Waals surface area contributed by atoms with Gasteiger partial charge in [-0.2, -0.15) is 0 Å². The first-order valence-corrected chi connectivity index (χ1v) is 12.6. The Balaban J connectivity index is 1.44. The van der Waals surface area contributed by atoms with Crippen LogP contribution in [0.25, 0.3) is 10.9 Å². The maximum Gasteiger partial charge on any atom is 0.264 e. The van der Waals surface area contributed by atoms with Crippen molar-refractivity contribution in [1.29, 1.82) is 0 Å². The van der Waals surface area contributed by atoms with E-state index in [1.54, 1.807) is 20.1 Å². The van der Waals surface area contributed by atoms with E-state index in [0.717, 1.165) is 22.9 Å². The van der Waals surface area contributed by atoms with Gasteiger partial charge in [-0.1, -0.05) is 18.2 Å². The van der Waals surface area contributed by atoms with Gasteiger partial charge >= 0.3 is 0 Å². The molecule has 1 saturated carbocycles. The molecule has 36 heavy (non-hydrogen) atoms. The Bertz CT molecular complexity index is 1280. The fraction of sp³-hybridized carbons (Fsp3) is 0.500. The van der Waals surface area contributed by atoms with E-state index in [0.29, 0.717) is 46.9 Å². The number of alkyl halides is 2. The SMILES string of the molecule is COc1cc2nc(C)nc(N[C@H](C)c3cccc(C(F)F)c3C)c2cc1OC[C@@H]1CCC2(CC2)N1C. The molecule has 0 unspecified atom stereocenters. The van der Waals surface area contributed by atoms with Gasteiger partial charge in [0.2, 0.25) is 0 Å². The zero-order valence-corrected chi connectivity index (χ0v) is 21.6. The van der Waals surface area contributed by atoms with Gasteiger partial charge in [-0.3, -0.25) is 4.90 Å². The second-order valence-electron chi connectivity index (χ2n) is 10.2. The highest BCUT2D eigenvalue weighted by Crippen LogP contribution is 2.51. The van der Waals surface area contributed by atoms with Crippen molar-refractivity contribution in [2.24, 2.45) is 0 Å². The van der Waals surface area contributed by atoms with Crippen molar-refractivity contribution < 1.29 is 18.3 Å². The summed E-state index contributed by atoms with van der Waals surface area (Å²) in [6.07, 6.45) is 2.42. The molecule has 8 heteroatoms. The van der Waals surface area contributed by atoms with E-state index in [4.69, 9.17) is 9.47 Å². The Kier molecular flexibility index (Phi) is 6.49. The average molecular weight is 497 g/mol. The molecule has 2 aromatic carbocycles. The third-order valence-corrected chi connectivity index (χ3v) is 8.06. The van der Waals surface area contributed by atoms with Crippen molar-refractivity contribution in [3.63, 3.8) is 0 Å². The van der Waals surface area contributed by atoms with E-state index in [9.17, 15) is 8.78 Å². The van der Waals surface area contributed by atoms with Gasteiger partial charge in [0.25, 0.3) is 6.43 Å². The fourth-order valence-corrected chi connectivity index (χ4v) is 5.62. The molecule has 0 amide bonds. The highest BCUT2D eigenvalue weighted by atomic mass is 19.3. The van der Waals surface area contributed by atoms with Gasteiger partial charge in [0.05, 0.1) is 18.7 Å². The van der Waals surface area contributed by atoms with Gasteiger partial charge in [0, 0.05) is 28.6 Å². The van der Waals surface area contributed by atoms with Crippen LogP contribution >= 0.6 is 0 Å². The molecule has 0 radical (unpaired) electrons. The molecule has 1 aromatic heterocycles. The molecule has 2 heterocycles. The minimum Gasteiger partial charge on any atom is -0.493 e. The Morgan fingerprint density at radius 3 is 2.53 bits per heavy atom. The van der Waals surface area contributed by atoms with Crippen LogP contribution in [-0.2, 0) is 0 Å².